The van der Waals surface area contributed by atoms with Crippen molar-refractivity contribution in [1.29, 1.82) is 0 Å². The van der Waals surface area contributed by atoms with Gasteiger partial charge in [-0.05, 0) is 43.9 Å². The average Bonchev–Trinajstić information content (AvgIpc) is 2.37. The molecule has 1 heterocycles. The number of rotatable bonds is 3. The van der Waals surface area contributed by atoms with Crippen molar-refractivity contribution in [3.63, 3.8) is 0 Å². The molecule has 0 amide bonds. The van der Waals surface area contributed by atoms with Crippen LogP contribution >= 0.6 is 11.8 Å². The summed E-state index contributed by atoms with van der Waals surface area (Å²) in [4.78, 5) is 24.6. The molecule has 0 aliphatic heterocycles. The molecule has 1 aromatic carbocycles. The molecule has 2 rings (SSSR count). The highest BCUT2D eigenvalue weighted by Crippen LogP contribution is 2.20. The molecule has 0 saturated heterocycles. The molecular formula is C15H15NO3S. The van der Waals surface area contributed by atoms with Gasteiger partial charge in [0.25, 0.3) is 5.56 Å². The van der Waals surface area contributed by atoms with Crippen molar-refractivity contribution in [1.82, 2.24) is 4.57 Å². The van der Waals surface area contributed by atoms with Crippen molar-refractivity contribution in [2.45, 2.75) is 18.7 Å². The van der Waals surface area contributed by atoms with Crippen LogP contribution in [-0.2, 0) is 0 Å². The number of nitrogens with zero attached hydrogens (tertiary/aromatic N) is 1. The third kappa shape index (κ3) is 2.49. The summed E-state index contributed by atoms with van der Waals surface area (Å²) in [6.07, 6.45) is 1.95. The number of aromatic carboxylic acids is 1. The lowest BCUT2D eigenvalue weighted by Gasteiger charge is -2.14. The number of hydrogen-bond donors (Lipinski definition) is 1. The van der Waals surface area contributed by atoms with Crippen molar-refractivity contribution in [2.75, 3.05) is 6.26 Å². The quantitative estimate of drug-likeness (QED) is 0.883. The van der Waals surface area contributed by atoms with Crippen LogP contribution in [0.15, 0.2) is 40.0 Å². The Balaban J connectivity index is 2.77. The smallest absolute Gasteiger partial charge is 0.337 e. The van der Waals surface area contributed by atoms with E-state index >= 15 is 0 Å². The van der Waals surface area contributed by atoms with Gasteiger partial charge < -0.3 is 5.11 Å². The highest BCUT2D eigenvalue weighted by atomic mass is 32.2. The lowest BCUT2D eigenvalue weighted by molar-refractivity contribution is 0.0694. The number of hydrogen-bond acceptors (Lipinski definition) is 3. The summed E-state index contributed by atoms with van der Waals surface area (Å²) in [7, 11) is 0. The maximum Gasteiger partial charge on any atom is 0.337 e. The highest BCUT2D eigenvalue weighted by molar-refractivity contribution is 7.98. The Morgan fingerprint density at radius 2 is 1.95 bits per heavy atom. The largest absolute Gasteiger partial charge is 0.478 e. The second-order valence-corrected chi connectivity index (χ2v) is 5.35. The summed E-state index contributed by atoms with van der Waals surface area (Å²) in [5.41, 5.74) is 1.57. The van der Waals surface area contributed by atoms with E-state index in [4.69, 9.17) is 0 Å². The molecule has 0 atom stereocenters. The molecule has 0 bridgehead atoms. The van der Waals surface area contributed by atoms with Gasteiger partial charge in [0.15, 0.2) is 0 Å². The van der Waals surface area contributed by atoms with Crippen LogP contribution < -0.4 is 5.56 Å². The summed E-state index contributed by atoms with van der Waals surface area (Å²) in [5, 5.41) is 9.29. The summed E-state index contributed by atoms with van der Waals surface area (Å²) >= 11 is 1.57. The average molecular weight is 289 g/mol. The van der Waals surface area contributed by atoms with Crippen molar-refractivity contribution < 1.29 is 9.90 Å². The molecule has 0 radical (unpaired) electrons. The molecule has 0 aliphatic carbocycles. The number of carbonyl (C=O) groups is 1. The molecule has 0 spiro atoms. The Morgan fingerprint density at radius 3 is 2.55 bits per heavy atom. The number of aromatic nitrogens is 1. The van der Waals surface area contributed by atoms with Gasteiger partial charge in [-0.3, -0.25) is 9.36 Å². The highest BCUT2D eigenvalue weighted by Gasteiger charge is 2.16. The second-order valence-electron chi connectivity index (χ2n) is 4.47. The first-order valence-electron chi connectivity index (χ1n) is 6.06. The number of benzene rings is 1. The van der Waals surface area contributed by atoms with Crippen LogP contribution in [0.5, 0.6) is 0 Å². The summed E-state index contributed by atoms with van der Waals surface area (Å²) in [6, 6.07) is 8.84. The number of carboxylic acids is 1. The van der Waals surface area contributed by atoms with E-state index in [1.165, 1.54) is 10.6 Å². The van der Waals surface area contributed by atoms with E-state index in [0.29, 0.717) is 16.9 Å². The van der Waals surface area contributed by atoms with Gasteiger partial charge in [-0.25, -0.2) is 4.79 Å². The lowest BCUT2D eigenvalue weighted by atomic mass is 10.1. The minimum Gasteiger partial charge on any atom is -0.478 e. The molecular weight excluding hydrogens is 274 g/mol. The van der Waals surface area contributed by atoms with Gasteiger partial charge in [0.05, 0.1) is 5.56 Å². The first-order valence-corrected chi connectivity index (χ1v) is 7.29. The van der Waals surface area contributed by atoms with Gasteiger partial charge in [0.2, 0.25) is 0 Å². The zero-order chi connectivity index (χ0) is 14.9. The SMILES string of the molecule is CSc1cccc(-n2c(C)c(C(=O)O)c(C)cc2=O)c1. The molecule has 20 heavy (non-hydrogen) atoms. The third-order valence-electron chi connectivity index (χ3n) is 3.18. The minimum atomic E-state index is -1.02. The van der Waals surface area contributed by atoms with E-state index in [-0.39, 0.29) is 11.1 Å². The Kier molecular flexibility index (Phi) is 3.99. The maximum absolute atomic E-state index is 12.2. The molecule has 4 nitrogen and oxygen atoms in total. The first-order chi connectivity index (χ1) is 9.45. The van der Waals surface area contributed by atoms with Crippen LogP contribution in [-0.4, -0.2) is 21.9 Å². The monoisotopic (exact) mass is 289 g/mol. The normalized spacial score (nSPS) is 10.6. The Hall–Kier alpha value is -2.01. The van der Waals surface area contributed by atoms with Gasteiger partial charge in [-0.1, -0.05) is 6.07 Å². The van der Waals surface area contributed by atoms with Gasteiger partial charge in [0, 0.05) is 22.3 Å². The molecule has 0 fully saturated rings. The molecule has 0 aliphatic rings. The fraction of sp³-hybridized carbons (Fsp3) is 0.200. The molecule has 0 unspecified atom stereocenters. The van der Waals surface area contributed by atoms with Crippen LogP contribution in [0.3, 0.4) is 0 Å². The summed E-state index contributed by atoms with van der Waals surface area (Å²) in [5.74, 6) is -1.02. The first kappa shape index (κ1) is 14.4. The Morgan fingerprint density at radius 1 is 1.25 bits per heavy atom. The van der Waals surface area contributed by atoms with E-state index in [9.17, 15) is 14.7 Å². The minimum absolute atomic E-state index is 0.180. The van der Waals surface area contributed by atoms with Gasteiger partial charge in [-0.15, -0.1) is 11.8 Å². The van der Waals surface area contributed by atoms with Crippen LogP contribution in [0.4, 0.5) is 0 Å². The van der Waals surface area contributed by atoms with Crippen molar-refractivity contribution in [3.8, 4) is 5.69 Å². The van der Waals surface area contributed by atoms with Crippen molar-refractivity contribution in [3.05, 3.63) is 57.5 Å². The Bertz CT molecular complexity index is 734. The Labute approximate surface area is 121 Å². The number of thioether (sulfide) groups is 1. The lowest BCUT2D eigenvalue weighted by Crippen LogP contribution is -2.24. The van der Waals surface area contributed by atoms with Crippen molar-refractivity contribution >= 4 is 17.7 Å². The number of aryl methyl sites for hydroxylation is 1. The zero-order valence-electron chi connectivity index (χ0n) is 11.5. The molecule has 1 aromatic heterocycles. The van der Waals surface area contributed by atoms with Gasteiger partial charge in [-0.2, -0.15) is 0 Å². The molecule has 1 N–H and O–H groups in total. The van der Waals surface area contributed by atoms with E-state index in [1.54, 1.807) is 31.7 Å². The van der Waals surface area contributed by atoms with Crippen LogP contribution in [0.2, 0.25) is 0 Å². The van der Waals surface area contributed by atoms with Crippen molar-refractivity contribution in [2.24, 2.45) is 0 Å². The zero-order valence-corrected chi connectivity index (χ0v) is 12.3. The third-order valence-corrected chi connectivity index (χ3v) is 3.90. The van der Waals surface area contributed by atoms with E-state index in [1.807, 2.05) is 24.5 Å². The number of pyridine rings is 1. The standard InChI is InChI=1S/C15H15NO3S/c1-9-7-13(17)16(10(2)14(9)15(18)19)11-5-4-6-12(8-11)20-3/h4-8H,1-3H3,(H,18,19). The van der Waals surface area contributed by atoms with E-state index < -0.39 is 5.97 Å². The van der Waals surface area contributed by atoms with Gasteiger partial charge >= 0.3 is 5.97 Å². The molecule has 0 saturated carbocycles. The fourth-order valence-corrected chi connectivity index (χ4v) is 2.73. The molecule has 104 valence electrons. The predicted octanol–water partition coefficient (Wildman–Crippen LogP) is 2.87. The van der Waals surface area contributed by atoms with Gasteiger partial charge in [0.1, 0.15) is 0 Å². The molecule has 2 aromatic rings. The number of carboxylic acid groups (broad SMARTS) is 1. The maximum atomic E-state index is 12.2. The van der Waals surface area contributed by atoms with Crippen LogP contribution in [0, 0.1) is 13.8 Å². The summed E-state index contributed by atoms with van der Waals surface area (Å²) in [6.45, 7) is 3.30. The van der Waals surface area contributed by atoms with E-state index in [2.05, 4.69) is 0 Å². The fourth-order valence-electron chi connectivity index (χ4n) is 2.28. The van der Waals surface area contributed by atoms with Crippen LogP contribution in [0.25, 0.3) is 5.69 Å². The summed E-state index contributed by atoms with van der Waals surface area (Å²) < 4.78 is 1.44. The topological polar surface area (TPSA) is 59.3 Å². The predicted molar refractivity (Wildman–Crippen MR) is 80.3 cm³/mol. The van der Waals surface area contributed by atoms with Crippen LogP contribution in [0.1, 0.15) is 21.6 Å². The molecule has 5 heteroatoms. The van der Waals surface area contributed by atoms with E-state index in [0.717, 1.165) is 4.90 Å². The second kappa shape index (κ2) is 5.54.